The summed E-state index contributed by atoms with van der Waals surface area (Å²) in [7, 11) is 0. The van der Waals surface area contributed by atoms with Crippen LogP contribution in [0.15, 0.2) is 103 Å². The molecule has 410 valence electrons. The number of anilines is 3. The molecule has 19 heteroatoms. The average molecular weight is 1100 g/mol. The zero-order valence-electron chi connectivity index (χ0n) is 43.9. The summed E-state index contributed by atoms with van der Waals surface area (Å²) in [6.07, 6.45) is 5.36. The Kier molecular flexibility index (Phi) is 19.1. The number of amides is 9. The Hall–Kier alpha value is -7.50. The van der Waals surface area contributed by atoms with Gasteiger partial charge in [0.1, 0.15) is 24.4 Å². The number of unbranched alkanes of at least 4 members (excludes halogenated alkanes) is 2. The number of nitrogens with one attached hydrogen (secondary N) is 4. The molecule has 78 heavy (non-hydrogen) atoms. The number of alkyl halides is 2. The van der Waals surface area contributed by atoms with Gasteiger partial charge in [-0.2, -0.15) is 0 Å². The minimum atomic E-state index is -1.04. The number of ether oxygens (including phenoxy) is 1. The lowest BCUT2D eigenvalue weighted by atomic mass is 9.95. The second-order valence-electron chi connectivity index (χ2n) is 20.4. The Balaban J connectivity index is 0.875. The third-order valence-corrected chi connectivity index (χ3v) is 15.3. The zero-order valence-corrected chi connectivity index (χ0v) is 45.4. The first-order valence-electron chi connectivity index (χ1n) is 26.6. The summed E-state index contributed by atoms with van der Waals surface area (Å²) in [5.41, 5.74) is 10.2. The number of halogens is 2. The highest BCUT2D eigenvalue weighted by Crippen LogP contribution is 2.46. The predicted octanol–water partition coefficient (Wildman–Crippen LogP) is 8.28. The van der Waals surface area contributed by atoms with Gasteiger partial charge in [0.15, 0.2) is 0 Å². The lowest BCUT2D eigenvalue weighted by Crippen LogP contribution is -2.54. The van der Waals surface area contributed by atoms with E-state index in [-0.39, 0.29) is 92.7 Å². The molecular formula is C59H66Cl2N8O9. The second kappa shape index (κ2) is 26.2. The monoisotopic (exact) mass is 1100 g/mol. The fourth-order valence-corrected chi connectivity index (χ4v) is 11.1. The fourth-order valence-electron chi connectivity index (χ4n) is 10.6. The number of nitrogens with zero attached hydrogens (tertiary/aromatic N) is 3. The Bertz CT molecular complexity index is 3100. The lowest BCUT2D eigenvalue weighted by molar-refractivity contribution is -0.137. The highest BCUT2D eigenvalue weighted by molar-refractivity contribution is 6.19. The molecular weight excluding hydrogens is 1040 g/mol. The Morgan fingerprint density at radius 3 is 1.96 bits per heavy atom. The van der Waals surface area contributed by atoms with E-state index in [2.05, 4.69) is 33.4 Å². The second-order valence-corrected chi connectivity index (χ2v) is 21.0. The van der Waals surface area contributed by atoms with Crippen molar-refractivity contribution >= 4 is 109 Å². The summed E-state index contributed by atoms with van der Waals surface area (Å²) in [4.78, 5) is 108. The smallest absolute Gasteiger partial charge is 0.312 e. The third-order valence-electron chi connectivity index (χ3n) is 14.6. The molecule has 9 amide bonds. The van der Waals surface area contributed by atoms with E-state index in [1.165, 1.54) is 12.2 Å². The number of benzene rings is 5. The summed E-state index contributed by atoms with van der Waals surface area (Å²) >= 11 is 13.0. The zero-order chi connectivity index (χ0) is 55.5. The van der Waals surface area contributed by atoms with E-state index in [0.717, 1.165) is 54.5 Å². The average Bonchev–Trinajstić information content (AvgIpc) is 4.16. The summed E-state index contributed by atoms with van der Waals surface area (Å²) in [6.45, 7) is 5.03. The number of urea groups is 1. The summed E-state index contributed by atoms with van der Waals surface area (Å²) < 4.78 is 6.51. The maximum atomic E-state index is 14.1. The van der Waals surface area contributed by atoms with Gasteiger partial charge < -0.3 is 41.5 Å². The van der Waals surface area contributed by atoms with Crippen LogP contribution in [0.4, 0.5) is 21.9 Å². The molecule has 17 nitrogen and oxygen atoms in total. The number of fused-ring (bicyclic) bond motifs is 6. The molecule has 3 aliphatic heterocycles. The topological polar surface area (TPSA) is 230 Å². The summed E-state index contributed by atoms with van der Waals surface area (Å²) in [6, 6.07) is 26.2. The molecule has 4 atom stereocenters. The van der Waals surface area contributed by atoms with Gasteiger partial charge in [-0.1, -0.05) is 87.0 Å². The standard InChI is InChI=1S/C59H66Cl2N8O9/c1-36(2)56(66-49(70)17-4-3-9-29-67-52(73)26-27-53(67)74)58(76)65-45(16-11-28-63-59(62)77)57(75)64-41-23-20-37(21-24-41)35-78-48-30-47-55(44-15-8-7-14-43(44)48)40(32-61)34-69(47)51(72)19-10-18-50(71)68-33-39(31-60)54-42-13-6-5-12-38(42)22-25-46(54)68/h5-8,12-15,20-27,30,36,39-40,45,56H,3-4,9-11,16-19,28-29,31-35H2,1-2H3,(H,64,75)(H,65,76)(H,66,70)(H3,62,63,77)/t39-,40-,45+,56+/m1/s1. The number of imide groups is 1. The van der Waals surface area contributed by atoms with Crippen molar-refractivity contribution in [3.8, 4) is 5.75 Å². The van der Waals surface area contributed by atoms with Crippen LogP contribution in [-0.4, -0.2) is 102 Å². The Morgan fingerprint density at radius 2 is 1.31 bits per heavy atom. The normalized spacial score (nSPS) is 16.3. The molecule has 8 rings (SSSR count). The van der Waals surface area contributed by atoms with E-state index in [0.29, 0.717) is 68.4 Å². The number of nitrogens with two attached hydrogens (primary N) is 1. The molecule has 0 radical (unpaired) electrons. The molecule has 0 bridgehead atoms. The predicted molar refractivity (Wildman–Crippen MR) is 303 cm³/mol. The van der Waals surface area contributed by atoms with Crippen molar-refractivity contribution < 1.29 is 43.1 Å². The van der Waals surface area contributed by atoms with E-state index < -0.39 is 29.9 Å². The van der Waals surface area contributed by atoms with Crippen molar-refractivity contribution in [3.05, 3.63) is 120 Å². The van der Waals surface area contributed by atoms with Gasteiger partial charge in [-0.15, -0.1) is 23.2 Å². The molecule has 0 aromatic heterocycles. The van der Waals surface area contributed by atoms with E-state index in [9.17, 15) is 38.4 Å². The Labute approximate surface area is 463 Å². The fraction of sp³-hybridized carbons (Fsp3) is 0.390. The summed E-state index contributed by atoms with van der Waals surface area (Å²) in [5, 5.41) is 15.0. The maximum Gasteiger partial charge on any atom is 0.312 e. The van der Waals surface area contributed by atoms with Crippen LogP contribution in [0.25, 0.3) is 21.5 Å². The van der Waals surface area contributed by atoms with Gasteiger partial charge in [-0.05, 0) is 89.1 Å². The number of hydrogen-bond acceptors (Lipinski definition) is 9. The molecule has 5 aromatic rings. The quantitative estimate of drug-likeness (QED) is 0.0215. The van der Waals surface area contributed by atoms with E-state index in [1.54, 1.807) is 30.9 Å². The maximum absolute atomic E-state index is 14.1. The van der Waals surface area contributed by atoms with Crippen LogP contribution in [0.3, 0.4) is 0 Å². The van der Waals surface area contributed by atoms with E-state index in [4.69, 9.17) is 33.7 Å². The van der Waals surface area contributed by atoms with Gasteiger partial charge in [0.25, 0.3) is 11.8 Å². The molecule has 5 aromatic carbocycles. The molecule has 6 N–H and O–H groups in total. The van der Waals surface area contributed by atoms with Crippen LogP contribution in [-0.2, 0) is 40.2 Å². The van der Waals surface area contributed by atoms with Gasteiger partial charge in [0.05, 0.1) is 5.69 Å². The van der Waals surface area contributed by atoms with Crippen molar-refractivity contribution in [2.75, 3.05) is 53.1 Å². The molecule has 0 fully saturated rings. The SMILES string of the molecule is CC(C)[C@H](NC(=O)CCCCCN1C(=O)C=CC1=O)C(=O)N[C@@H](CCCNC(N)=O)C(=O)Nc1ccc(COc2cc3c(c4ccccc24)[C@H](CCl)CN3C(=O)CCCC(=O)N2C[C@@H](CCl)c3c2ccc2ccccc32)cc1. The molecule has 0 spiro atoms. The van der Waals surface area contributed by atoms with Crippen LogP contribution in [0.1, 0.15) is 100 Å². The van der Waals surface area contributed by atoms with Gasteiger partial charge in [0.2, 0.25) is 29.5 Å². The van der Waals surface area contributed by atoms with Gasteiger partial charge in [-0.25, -0.2) is 4.79 Å². The number of primary amides is 1. The van der Waals surface area contributed by atoms with Crippen LogP contribution >= 0.6 is 23.2 Å². The Morgan fingerprint density at radius 1 is 0.679 bits per heavy atom. The minimum Gasteiger partial charge on any atom is -0.488 e. The molecule has 0 saturated heterocycles. The van der Waals surface area contributed by atoms with Gasteiger partial charge in [-0.3, -0.25) is 38.5 Å². The molecule has 3 aliphatic rings. The number of carbonyl (C=O) groups is 8. The van der Waals surface area contributed by atoms with E-state index >= 15 is 0 Å². The van der Waals surface area contributed by atoms with Crippen molar-refractivity contribution in [2.45, 2.75) is 102 Å². The number of rotatable bonds is 25. The van der Waals surface area contributed by atoms with Crippen molar-refractivity contribution in [1.82, 2.24) is 20.9 Å². The molecule has 0 aliphatic carbocycles. The highest BCUT2D eigenvalue weighted by atomic mass is 35.5. The largest absolute Gasteiger partial charge is 0.488 e. The lowest BCUT2D eigenvalue weighted by Gasteiger charge is -2.25. The van der Waals surface area contributed by atoms with Crippen LogP contribution in [0.5, 0.6) is 5.75 Å². The van der Waals surface area contributed by atoms with E-state index in [1.807, 2.05) is 71.6 Å². The van der Waals surface area contributed by atoms with Crippen LogP contribution < -0.4 is 41.5 Å². The first-order chi connectivity index (χ1) is 37.6. The van der Waals surface area contributed by atoms with Crippen molar-refractivity contribution in [1.29, 1.82) is 0 Å². The summed E-state index contributed by atoms with van der Waals surface area (Å²) in [5.74, 6) is -1.44. The third kappa shape index (κ3) is 13.4. The van der Waals surface area contributed by atoms with Crippen molar-refractivity contribution in [3.63, 3.8) is 0 Å². The molecule has 3 heterocycles. The van der Waals surface area contributed by atoms with Gasteiger partial charge >= 0.3 is 6.03 Å². The van der Waals surface area contributed by atoms with Crippen LogP contribution in [0, 0.1) is 5.92 Å². The first-order valence-corrected chi connectivity index (χ1v) is 27.7. The van der Waals surface area contributed by atoms with Crippen LogP contribution in [0.2, 0.25) is 0 Å². The highest BCUT2D eigenvalue weighted by Gasteiger charge is 2.37. The molecule has 0 saturated carbocycles. The minimum absolute atomic E-state index is 0.0146. The number of carbonyl (C=O) groups excluding carboxylic acids is 8. The first kappa shape index (κ1) is 56.7. The van der Waals surface area contributed by atoms with Crippen molar-refractivity contribution in [2.24, 2.45) is 11.7 Å². The molecule has 0 unspecified atom stereocenters. The number of hydrogen-bond donors (Lipinski definition) is 5. The van der Waals surface area contributed by atoms with Gasteiger partial charge in [0, 0.05) is 104 Å².